The molecule has 1 aromatic heterocycles. The third-order valence-electron chi connectivity index (χ3n) is 6.81. The van der Waals surface area contributed by atoms with Crippen LogP contribution in [0.4, 0.5) is 0 Å². The number of rotatable bonds is 6. The lowest BCUT2D eigenvalue weighted by Crippen LogP contribution is -2.43. The van der Waals surface area contributed by atoms with Crippen molar-refractivity contribution in [2.45, 2.75) is 32.5 Å². The van der Waals surface area contributed by atoms with E-state index < -0.39 is 11.1 Å². The molecule has 2 aromatic carbocycles. The molecule has 8 heteroatoms. The molecule has 0 saturated carbocycles. The third kappa shape index (κ3) is 4.18. The number of fused-ring (bicyclic) bond motifs is 1. The summed E-state index contributed by atoms with van der Waals surface area (Å²) in [6.07, 6.45) is 1.70. The lowest BCUT2D eigenvalue weighted by molar-refractivity contribution is 0.246. The molecule has 1 saturated heterocycles. The van der Waals surface area contributed by atoms with Crippen LogP contribution >= 0.6 is 0 Å². The van der Waals surface area contributed by atoms with Crippen LogP contribution < -0.4 is 20.6 Å². The van der Waals surface area contributed by atoms with E-state index in [-0.39, 0.29) is 12.0 Å². The molecule has 3 aromatic rings. The van der Waals surface area contributed by atoms with Crippen molar-refractivity contribution in [3.05, 3.63) is 86.2 Å². The van der Waals surface area contributed by atoms with Crippen LogP contribution in [-0.4, -0.2) is 46.6 Å². The van der Waals surface area contributed by atoms with Crippen LogP contribution in [0, 0.1) is 5.41 Å². The van der Waals surface area contributed by atoms with Crippen molar-refractivity contribution < 1.29 is 9.47 Å². The largest absolute Gasteiger partial charge is 0.497 e. The van der Waals surface area contributed by atoms with E-state index in [4.69, 9.17) is 9.47 Å². The summed E-state index contributed by atoms with van der Waals surface area (Å²) in [5, 5.41) is 4.60. The quantitative estimate of drug-likeness (QED) is 0.536. The summed E-state index contributed by atoms with van der Waals surface area (Å²) in [6, 6.07) is 15.6. The van der Waals surface area contributed by atoms with Crippen LogP contribution in [0.1, 0.15) is 23.4 Å². The van der Waals surface area contributed by atoms with Gasteiger partial charge in [-0.1, -0.05) is 24.3 Å². The van der Waals surface area contributed by atoms with Gasteiger partial charge in [0.25, 0.3) is 0 Å². The van der Waals surface area contributed by atoms with Gasteiger partial charge >= 0.3 is 11.1 Å². The second kappa shape index (κ2) is 8.51. The summed E-state index contributed by atoms with van der Waals surface area (Å²) in [5.41, 5.74) is 1.04. The van der Waals surface area contributed by atoms with E-state index in [1.165, 1.54) is 10.2 Å². The van der Waals surface area contributed by atoms with E-state index in [0.29, 0.717) is 18.8 Å². The van der Waals surface area contributed by atoms with E-state index in [2.05, 4.69) is 22.1 Å². The Kier molecular flexibility index (Phi) is 5.54. The predicted octanol–water partition coefficient (Wildman–Crippen LogP) is 1.92. The molecule has 1 unspecified atom stereocenters. The van der Waals surface area contributed by atoms with Gasteiger partial charge in [-0.3, -0.25) is 19.1 Å². The second-order valence-electron chi connectivity index (χ2n) is 9.10. The summed E-state index contributed by atoms with van der Waals surface area (Å²) in [6.45, 7) is 3.53. The van der Waals surface area contributed by atoms with Crippen molar-refractivity contribution in [3.63, 3.8) is 0 Å². The molecule has 1 fully saturated rings. The van der Waals surface area contributed by atoms with Crippen LogP contribution in [0.25, 0.3) is 0 Å². The normalized spacial score (nSPS) is 19.7. The summed E-state index contributed by atoms with van der Waals surface area (Å²) >= 11 is 0. The highest BCUT2D eigenvalue weighted by molar-refractivity contribution is 5.28. The van der Waals surface area contributed by atoms with Crippen LogP contribution in [0.15, 0.2) is 58.1 Å². The molecule has 0 bridgehead atoms. The molecule has 0 aliphatic carbocycles. The van der Waals surface area contributed by atoms with E-state index in [1.807, 2.05) is 36.4 Å². The first-order valence-electron chi connectivity index (χ1n) is 11.2. The monoisotopic (exact) mass is 448 g/mol. The fraction of sp³-hybridized carbons (Fsp3) is 0.400. The highest BCUT2D eigenvalue weighted by atomic mass is 16.5. The molecule has 0 amide bonds. The minimum absolute atomic E-state index is 0.0443. The van der Waals surface area contributed by atoms with E-state index in [0.717, 1.165) is 43.1 Å². The molecular formula is C25H28N4O4. The summed E-state index contributed by atoms with van der Waals surface area (Å²) in [4.78, 5) is 28.0. The molecule has 2 aliphatic heterocycles. The van der Waals surface area contributed by atoms with Gasteiger partial charge in [0.1, 0.15) is 17.3 Å². The highest BCUT2D eigenvalue weighted by Gasteiger charge is 2.44. The molecule has 1 atom stereocenters. The number of likely N-dealkylation sites (tertiary alicyclic amines) is 1. The van der Waals surface area contributed by atoms with Crippen molar-refractivity contribution in [2.24, 2.45) is 5.41 Å². The Bertz CT molecular complexity index is 1260. The van der Waals surface area contributed by atoms with Gasteiger partial charge < -0.3 is 9.47 Å². The molecule has 2 aliphatic rings. The molecular weight excluding hydrogens is 420 g/mol. The minimum Gasteiger partial charge on any atom is -0.497 e. The number of benzene rings is 2. The van der Waals surface area contributed by atoms with Gasteiger partial charge in [0, 0.05) is 31.5 Å². The third-order valence-corrected chi connectivity index (χ3v) is 6.81. The number of nitrogens with zero attached hydrogens (tertiary/aromatic N) is 4. The highest BCUT2D eigenvalue weighted by Crippen LogP contribution is 2.39. The van der Waals surface area contributed by atoms with E-state index in [9.17, 15) is 9.59 Å². The molecule has 1 spiro atoms. The number of hydrogen-bond donors (Lipinski definition) is 0. The summed E-state index contributed by atoms with van der Waals surface area (Å²) in [5.74, 6) is 2.31. The van der Waals surface area contributed by atoms with Gasteiger partial charge in [-0.15, -0.1) is 0 Å². The average Bonchev–Trinajstić information content (AvgIpc) is 3.40. The average molecular weight is 449 g/mol. The van der Waals surface area contributed by atoms with Gasteiger partial charge in [0.05, 0.1) is 20.8 Å². The Morgan fingerprint density at radius 2 is 1.45 bits per heavy atom. The number of ether oxygens (including phenoxy) is 2. The Morgan fingerprint density at radius 1 is 0.848 bits per heavy atom. The summed E-state index contributed by atoms with van der Waals surface area (Å²) in [7, 11) is 3.28. The molecule has 33 heavy (non-hydrogen) atoms. The Hall–Kier alpha value is -3.39. The Balaban J connectivity index is 1.32. The summed E-state index contributed by atoms with van der Waals surface area (Å²) < 4.78 is 13.3. The fourth-order valence-electron chi connectivity index (χ4n) is 5.04. The maximum atomic E-state index is 12.9. The van der Waals surface area contributed by atoms with Crippen molar-refractivity contribution in [3.8, 4) is 11.5 Å². The van der Waals surface area contributed by atoms with Gasteiger partial charge in [-0.2, -0.15) is 5.10 Å². The molecule has 5 rings (SSSR count). The first kappa shape index (κ1) is 21.5. The second-order valence-corrected chi connectivity index (χ2v) is 9.10. The lowest BCUT2D eigenvalue weighted by Gasteiger charge is -2.22. The van der Waals surface area contributed by atoms with Crippen molar-refractivity contribution in [1.29, 1.82) is 0 Å². The van der Waals surface area contributed by atoms with Crippen LogP contribution in [0.5, 0.6) is 11.5 Å². The van der Waals surface area contributed by atoms with Gasteiger partial charge in [0.2, 0.25) is 0 Å². The maximum absolute atomic E-state index is 12.9. The molecule has 8 nitrogen and oxygen atoms in total. The topological polar surface area (TPSA) is 78.6 Å². The number of aromatic nitrogens is 3. The Labute approximate surface area is 192 Å². The molecule has 3 heterocycles. The van der Waals surface area contributed by atoms with Crippen molar-refractivity contribution in [2.75, 3.05) is 27.3 Å². The zero-order valence-electron chi connectivity index (χ0n) is 19.0. The maximum Gasteiger partial charge on any atom is 0.332 e. The number of hydrogen-bond acceptors (Lipinski definition) is 6. The number of methoxy groups -OCH3 is 2. The SMILES string of the molecule is COc1ccc(CN2CCC3(Cc4nn(Cc5ccc(OC)cc5)c(=O)c(=O)n4C3)C2)cc1. The van der Waals surface area contributed by atoms with E-state index >= 15 is 0 Å². The Morgan fingerprint density at radius 3 is 2.06 bits per heavy atom. The minimum atomic E-state index is -0.570. The van der Waals surface area contributed by atoms with Gasteiger partial charge in [-0.25, -0.2) is 4.68 Å². The van der Waals surface area contributed by atoms with Gasteiger partial charge in [-0.05, 0) is 48.4 Å². The van der Waals surface area contributed by atoms with Crippen molar-refractivity contribution in [1.82, 2.24) is 19.2 Å². The zero-order chi connectivity index (χ0) is 23.0. The van der Waals surface area contributed by atoms with E-state index in [1.54, 1.807) is 18.8 Å². The van der Waals surface area contributed by atoms with Crippen LogP contribution in [0.2, 0.25) is 0 Å². The van der Waals surface area contributed by atoms with Crippen LogP contribution in [-0.2, 0) is 26.1 Å². The molecule has 0 radical (unpaired) electrons. The lowest BCUT2D eigenvalue weighted by atomic mass is 9.86. The first-order chi connectivity index (χ1) is 16.0. The van der Waals surface area contributed by atoms with Crippen LogP contribution in [0.3, 0.4) is 0 Å². The zero-order valence-corrected chi connectivity index (χ0v) is 19.0. The fourth-order valence-corrected chi connectivity index (χ4v) is 5.04. The predicted molar refractivity (Wildman–Crippen MR) is 124 cm³/mol. The first-order valence-corrected chi connectivity index (χ1v) is 11.2. The van der Waals surface area contributed by atoms with Gasteiger partial charge in [0.15, 0.2) is 0 Å². The smallest absolute Gasteiger partial charge is 0.332 e. The van der Waals surface area contributed by atoms with Crippen molar-refractivity contribution >= 4 is 0 Å². The standard InChI is InChI=1S/C25H28N4O4/c1-32-20-7-3-18(4-8-20)14-27-12-11-25(16-27)13-22-26-29(24(31)23(30)28(22)17-25)15-19-5-9-21(33-2)10-6-19/h3-10H,11-17H2,1-2H3. The molecule has 172 valence electrons. The molecule has 0 N–H and O–H groups in total.